The molecule has 0 bridgehead atoms. The molecular weight excluding hydrogens is 234 g/mol. The minimum atomic E-state index is -0.527. The molecule has 1 aliphatic rings. The molecule has 5 heteroatoms. The second-order valence-electron chi connectivity index (χ2n) is 5.05. The molecule has 1 fully saturated rings. The van der Waals surface area contributed by atoms with E-state index in [0.717, 1.165) is 38.9 Å². The number of hydrogen-bond donors (Lipinski definition) is 1. The van der Waals surface area contributed by atoms with E-state index in [9.17, 15) is 9.90 Å². The zero-order chi connectivity index (χ0) is 13.4. The van der Waals surface area contributed by atoms with Crippen LogP contribution in [0.1, 0.15) is 33.1 Å². The average molecular weight is 259 g/mol. The number of aliphatic hydroxyl groups is 1. The minimum Gasteiger partial charge on any atom is -0.464 e. The van der Waals surface area contributed by atoms with Gasteiger partial charge < -0.3 is 19.5 Å². The summed E-state index contributed by atoms with van der Waals surface area (Å²) in [7, 11) is 0. The summed E-state index contributed by atoms with van der Waals surface area (Å²) >= 11 is 0. The van der Waals surface area contributed by atoms with Crippen LogP contribution in [0.25, 0.3) is 0 Å². The highest BCUT2D eigenvalue weighted by atomic mass is 16.6. The van der Waals surface area contributed by atoms with Crippen LogP contribution in [0.4, 0.5) is 0 Å². The van der Waals surface area contributed by atoms with Crippen molar-refractivity contribution in [1.29, 1.82) is 0 Å². The summed E-state index contributed by atoms with van der Waals surface area (Å²) in [5.74, 6) is -0.309. The number of carbonyl (C=O) groups excluding carboxylic acids is 1. The van der Waals surface area contributed by atoms with E-state index in [4.69, 9.17) is 9.47 Å². The Morgan fingerprint density at radius 1 is 1.39 bits per heavy atom. The normalized spacial score (nSPS) is 25.7. The first kappa shape index (κ1) is 15.4. The smallest absolute Gasteiger partial charge is 0.332 e. The van der Waals surface area contributed by atoms with E-state index in [1.165, 1.54) is 0 Å². The Balaban J connectivity index is 2.10. The van der Waals surface area contributed by atoms with Gasteiger partial charge in [0.05, 0.1) is 18.8 Å². The van der Waals surface area contributed by atoms with Crippen molar-refractivity contribution in [3.63, 3.8) is 0 Å². The molecular formula is C13H25NO4. The Bertz CT molecular complexity index is 255. The highest BCUT2D eigenvalue weighted by Gasteiger charge is 2.24. The van der Waals surface area contributed by atoms with E-state index in [-0.39, 0.29) is 12.6 Å². The van der Waals surface area contributed by atoms with E-state index in [1.807, 2.05) is 6.92 Å². The molecule has 0 aromatic rings. The minimum absolute atomic E-state index is 0.0272. The third-order valence-corrected chi connectivity index (χ3v) is 3.23. The van der Waals surface area contributed by atoms with Crippen molar-refractivity contribution in [2.24, 2.45) is 0 Å². The van der Waals surface area contributed by atoms with Crippen molar-refractivity contribution in [2.45, 2.75) is 38.7 Å². The van der Waals surface area contributed by atoms with Crippen molar-refractivity contribution in [3.8, 4) is 0 Å². The van der Waals surface area contributed by atoms with Gasteiger partial charge in [-0.1, -0.05) is 0 Å². The van der Waals surface area contributed by atoms with Gasteiger partial charge >= 0.3 is 5.97 Å². The van der Waals surface area contributed by atoms with Crippen LogP contribution >= 0.6 is 0 Å². The van der Waals surface area contributed by atoms with Crippen LogP contribution < -0.4 is 0 Å². The number of ether oxygens (including phenoxy) is 2. The molecule has 1 atom stereocenters. The summed E-state index contributed by atoms with van der Waals surface area (Å²) < 4.78 is 10.0. The first-order chi connectivity index (χ1) is 8.53. The van der Waals surface area contributed by atoms with Crippen molar-refractivity contribution in [2.75, 3.05) is 39.5 Å². The summed E-state index contributed by atoms with van der Waals surface area (Å²) in [6.07, 6.45) is 2.66. The molecule has 0 saturated carbocycles. The summed E-state index contributed by atoms with van der Waals surface area (Å²) in [5.41, 5.74) is -0.527. The number of carbonyl (C=O) groups is 1. The van der Waals surface area contributed by atoms with Gasteiger partial charge in [-0.05, 0) is 39.7 Å². The van der Waals surface area contributed by atoms with E-state index in [1.54, 1.807) is 6.92 Å². The summed E-state index contributed by atoms with van der Waals surface area (Å²) in [6.45, 7) is 7.29. The lowest BCUT2D eigenvalue weighted by atomic mass is 9.98. The first-order valence-corrected chi connectivity index (χ1v) is 6.71. The molecule has 1 rings (SSSR count). The molecule has 1 N–H and O–H groups in total. The van der Waals surface area contributed by atoms with Crippen LogP contribution in [0.2, 0.25) is 0 Å². The lowest BCUT2D eigenvalue weighted by molar-refractivity contribution is -0.148. The quantitative estimate of drug-likeness (QED) is 0.565. The molecule has 18 heavy (non-hydrogen) atoms. The maximum absolute atomic E-state index is 11.0. The van der Waals surface area contributed by atoms with E-state index in [0.29, 0.717) is 13.2 Å². The lowest BCUT2D eigenvalue weighted by Gasteiger charge is -2.22. The maximum Gasteiger partial charge on any atom is 0.332 e. The molecule has 0 amide bonds. The predicted octanol–water partition coefficient (Wildman–Crippen LogP) is 0.803. The van der Waals surface area contributed by atoms with Crippen molar-refractivity contribution < 1.29 is 19.4 Å². The Labute approximate surface area is 109 Å². The molecule has 0 aliphatic carbocycles. The van der Waals surface area contributed by atoms with Gasteiger partial charge in [-0.25, -0.2) is 4.79 Å². The maximum atomic E-state index is 11.0. The Hall–Kier alpha value is -0.650. The molecule has 5 nitrogen and oxygen atoms in total. The summed E-state index contributed by atoms with van der Waals surface area (Å²) in [4.78, 5) is 13.3. The Morgan fingerprint density at radius 2 is 2.17 bits per heavy atom. The average Bonchev–Trinajstić information content (AvgIpc) is 2.47. The molecule has 0 spiro atoms. The molecule has 106 valence electrons. The Morgan fingerprint density at radius 3 is 2.89 bits per heavy atom. The molecule has 0 radical (unpaired) electrons. The molecule has 1 heterocycles. The van der Waals surface area contributed by atoms with Gasteiger partial charge in [0.25, 0.3) is 0 Å². The van der Waals surface area contributed by atoms with Crippen LogP contribution in [0.15, 0.2) is 0 Å². The Kier molecular flexibility index (Phi) is 6.60. The van der Waals surface area contributed by atoms with Crippen molar-refractivity contribution in [1.82, 2.24) is 4.90 Å². The van der Waals surface area contributed by atoms with Gasteiger partial charge in [0.1, 0.15) is 6.61 Å². The van der Waals surface area contributed by atoms with Gasteiger partial charge in [-0.2, -0.15) is 0 Å². The van der Waals surface area contributed by atoms with E-state index in [2.05, 4.69) is 4.90 Å². The third-order valence-electron chi connectivity index (χ3n) is 3.23. The lowest BCUT2D eigenvalue weighted by Crippen LogP contribution is -2.31. The standard InChI is InChI=1S/C13H25NO4/c1-3-18-12(15)11-17-10-9-14-7-4-5-13(2,16)6-8-14/h16H,3-11H2,1-2H3. The number of rotatable bonds is 6. The fourth-order valence-corrected chi connectivity index (χ4v) is 2.09. The highest BCUT2D eigenvalue weighted by Crippen LogP contribution is 2.20. The van der Waals surface area contributed by atoms with Crippen molar-refractivity contribution >= 4 is 5.97 Å². The second kappa shape index (κ2) is 7.71. The number of likely N-dealkylation sites (tertiary alicyclic amines) is 1. The van der Waals surface area contributed by atoms with Gasteiger partial charge in [0.2, 0.25) is 0 Å². The topological polar surface area (TPSA) is 59.0 Å². The van der Waals surface area contributed by atoms with Crippen LogP contribution in [0.3, 0.4) is 0 Å². The zero-order valence-electron chi connectivity index (χ0n) is 11.5. The monoisotopic (exact) mass is 259 g/mol. The number of esters is 1. The fraction of sp³-hybridized carbons (Fsp3) is 0.923. The number of nitrogens with zero attached hydrogens (tertiary/aromatic N) is 1. The van der Waals surface area contributed by atoms with Crippen LogP contribution in [0.5, 0.6) is 0 Å². The largest absolute Gasteiger partial charge is 0.464 e. The first-order valence-electron chi connectivity index (χ1n) is 6.71. The van der Waals surface area contributed by atoms with Gasteiger partial charge in [0.15, 0.2) is 0 Å². The third kappa shape index (κ3) is 6.33. The molecule has 1 saturated heterocycles. The van der Waals surface area contributed by atoms with Gasteiger partial charge in [-0.15, -0.1) is 0 Å². The molecule has 1 unspecified atom stereocenters. The van der Waals surface area contributed by atoms with Crippen LogP contribution in [-0.2, 0) is 14.3 Å². The predicted molar refractivity (Wildman–Crippen MR) is 68.4 cm³/mol. The van der Waals surface area contributed by atoms with Gasteiger partial charge in [-0.3, -0.25) is 0 Å². The summed E-state index contributed by atoms with van der Waals surface area (Å²) in [5, 5.41) is 9.96. The van der Waals surface area contributed by atoms with Crippen molar-refractivity contribution in [3.05, 3.63) is 0 Å². The van der Waals surface area contributed by atoms with Crippen LogP contribution in [-0.4, -0.2) is 61.0 Å². The summed E-state index contributed by atoms with van der Waals surface area (Å²) in [6, 6.07) is 0. The molecule has 0 aromatic carbocycles. The highest BCUT2D eigenvalue weighted by molar-refractivity contribution is 5.70. The molecule has 0 aromatic heterocycles. The van der Waals surface area contributed by atoms with Crippen LogP contribution in [0, 0.1) is 0 Å². The zero-order valence-corrected chi connectivity index (χ0v) is 11.5. The number of hydrogen-bond acceptors (Lipinski definition) is 5. The van der Waals surface area contributed by atoms with Gasteiger partial charge in [0, 0.05) is 13.1 Å². The van der Waals surface area contributed by atoms with E-state index >= 15 is 0 Å². The van der Waals surface area contributed by atoms with E-state index < -0.39 is 5.60 Å². The SMILES string of the molecule is CCOC(=O)COCCN1CCCC(C)(O)CC1. The molecule has 1 aliphatic heterocycles. The fourth-order valence-electron chi connectivity index (χ4n) is 2.09. The second-order valence-corrected chi connectivity index (χ2v) is 5.05.